The number of rotatable bonds is 4. The average molecular weight is 231 g/mol. The zero-order valence-electron chi connectivity index (χ0n) is 10.9. The van der Waals surface area contributed by atoms with Gasteiger partial charge in [-0.15, -0.1) is 0 Å². The fourth-order valence-corrected chi connectivity index (χ4v) is 1.99. The van der Waals surface area contributed by atoms with Crippen LogP contribution in [-0.4, -0.2) is 18.5 Å². The minimum absolute atomic E-state index is 0.320. The molecule has 1 atom stereocenters. The van der Waals surface area contributed by atoms with Gasteiger partial charge in [0, 0.05) is 5.56 Å². The smallest absolute Gasteiger partial charge is 0.216 e. The lowest BCUT2D eigenvalue weighted by molar-refractivity contribution is 0.292. The SMILES string of the molecule is CCCc1ccc(C2=N[C@@H](C(C)C)CO2)cc1. The number of hydrogen-bond acceptors (Lipinski definition) is 2. The number of aliphatic imine (C=N–C) groups is 1. The Bertz CT molecular complexity index is 392. The van der Waals surface area contributed by atoms with Gasteiger partial charge in [0.15, 0.2) is 0 Å². The van der Waals surface area contributed by atoms with Gasteiger partial charge in [0.05, 0.1) is 6.04 Å². The second kappa shape index (κ2) is 5.35. The molecule has 2 heteroatoms. The van der Waals surface area contributed by atoms with E-state index in [9.17, 15) is 0 Å². The predicted octanol–water partition coefficient (Wildman–Crippen LogP) is 3.44. The van der Waals surface area contributed by atoms with E-state index in [1.807, 2.05) is 0 Å². The number of benzene rings is 1. The van der Waals surface area contributed by atoms with Crippen LogP contribution >= 0.6 is 0 Å². The molecule has 0 amide bonds. The van der Waals surface area contributed by atoms with Crippen molar-refractivity contribution >= 4 is 5.90 Å². The summed E-state index contributed by atoms with van der Waals surface area (Å²) in [7, 11) is 0. The summed E-state index contributed by atoms with van der Waals surface area (Å²) in [5.41, 5.74) is 2.49. The number of nitrogens with zero attached hydrogens (tertiary/aromatic N) is 1. The summed E-state index contributed by atoms with van der Waals surface area (Å²) in [6.45, 7) is 7.30. The van der Waals surface area contributed by atoms with E-state index in [4.69, 9.17) is 4.74 Å². The first-order chi connectivity index (χ1) is 8.20. The van der Waals surface area contributed by atoms with Crippen LogP contribution in [0.5, 0.6) is 0 Å². The average Bonchev–Trinajstić information content (AvgIpc) is 2.80. The number of aryl methyl sites for hydroxylation is 1. The molecular weight excluding hydrogens is 210 g/mol. The van der Waals surface area contributed by atoms with Gasteiger partial charge in [-0.05, 0) is 30.0 Å². The van der Waals surface area contributed by atoms with E-state index in [0.29, 0.717) is 12.0 Å². The van der Waals surface area contributed by atoms with Crippen molar-refractivity contribution in [2.45, 2.75) is 39.7 Å². The maximum Gasteiger partial charge on any atom is 0.216 e. The zero-order valence-corrected chi connectivity index (χ0v) is 10.9. The quantitative estimate of drug-likeness (QED) is 0.778. The largest absolute Gasteiger partial charge is 0.475 e. The Hall–Kier alpha value is -1.31. The first-order valence-corrected chi connectivity index (χ1v) is 6.50. The van der Waals surface area contributed by atoms with E-state index >= 15 is 0 Å². The molecule has 0 saturated carbocycles. The molecule has 92 valence electrons. The highest BCUT2D eigenvalue weighted by Gasteiger charge is 2.22. The van der Waals surface area contributed by atoms with Crippen molar-refractivity contribution in [3.8, 4) is 0 Å². The molecule has 2 nitrogen and oxygen atoms in total. The van der Waals surface area contributed by atoms with Crippen LogP contribution < -0.4 is 0 Å². The molecule has 0 spiro atoms. The summed E-state index contributed by atoms with van der Waals surface area (Å²) in [4.78, 5) is 4.63. The first-order valence-electron chi connectivity index (χ1n) is 6.50. The Kier molecular flexibility index (Phi) is 3.82. The number of hydrogen-bond donors (Lipinski definition) is 0. The lowest BCUT2D eigenvalue weighted by Crippen LogP contribution is -2.13. The van der Waals surface area contributed by atoms with Crippen LogP contribution in [0.3, 0.4) is 0 Å². The molecule has 17 heavy (non-hydrogen) atoms. The Labute approximate surface area is 104 Å². The predicted molar refractivity (Wildman–Crippen MR) is 71.6 cm³/mol. The van der Waals surface area contributed by atoms with Gasteiger partial charge in [0.1, 0.15) is 6.61 Å². The highest BCUT2D eigenvalue weighted by molar-refractivity contribution is 5.95. The molecule has 0 bridgehead atoms. The van der Waals surface area contributed by atoms with Gasteiger partial charge >= 0.3 is 0 Å². The fraction of sp³-hybridized carbons (Fsp3) is 0.533. The molecule has 0 fully saturated rings. The van der Waals surface area contributed by atoms with Gasteiger partial charge in [-0.1, -0.05) is 39.3 Å². The van der Waals surface area contributed by atoms with Gasteiger partial charge in [-0.2, -0.15) is 0 Å². The lowest BCUT2D eigenvalue weighted by Gasteiger charge is -2.06. The van der Waals surface area contributed by atoms with Gasteiger partial charge < -0.3 is 4.74 Å². The van der Waals surface area contributed by atoms with E-state index in [2.05, 4.69) is 50.0 Å². The molecule has 1 heterocycles. The van der Waals surface area contributed by atoms with Crippen LogP contribution in [0, 0.1) is 5.92 Å². The van der Waals surface area contributed by atoms with E-state index in [1.54, 1.807) is 0 Å². The summed E-state index contributed by atoms with van der Waals surface area (Å²) in [6, 6.07) is 8.90. The van der Waals surface area contributed by atoms with Crippen LogP contribution in [0.2, 0.25) is 0 Å². The van der Waals surface area contributed by atoms with E-state index in [-0.39, 0.29) is 0 Å². The van der Waals surface area contributed by atoms with Gasteiger partial charge in [-0.25, -0.2) is 4.99 Å². The second-order valence-corrected chi connectivity index (χ2v) is 5.00. The van der Waals surface area contributed by atoms with Crippen molar-refractivity contribution < 1.29 is 4.74 Å². The standard InChI is InChI=1S/C15H21NO/c1-4-5-12-6-8-13(9-7-12)15-16-14(10-17-15)11(2)3/h6-9,11,14H,4-5,10H2,1-3H3/t14-/m1/s1. The third kappa shape index (κ3) is 2.87. The highest BCUT2D eigenvalue weighted by Crippen LogP contribution is 2.18. The van der Waals surface area contributed by atoms with Crippen LogP contribution in [0.25, 0.3) is 0 Å². The van der Waals surface area contributed by atoms with Crippen molar-refractivity contribution in [3.63, 3.8) is 0 Å². The topological polar surface area (TPSA) is 21.6 Å². The van der Waals surface area contributed by atoms with E-state index in [0.717, 1.165) is 24.5 Å². The van der Waals surface area contributed by atoms with Crippen molar-refractivity contribution in [2.24, 2.45) is 10.9 Å². The lowest BCUT2D eigenvalue weighted by atomic mass is 10.1. The van der Waals surface area contributed by atoms with E-state index < -0.39 is 0 Å². The van der Waals surface area contributed by atoms with Gasteiger partial charge in [0.25, 0.3) is 0 Å². The summed E-state index contributed by atoms with van der Waals surface area (Å²) >= 11 is 0. The monoisotopic (exact) mass is 231 g/mol. The highest BCUT2D eigenvalue weighted by atomic mass is 16.5. The maximum atomic E-state index is 5.66. The molecule has 0 N–H and O–H groups in total. The summed E-state index contributed by atoms with van der Waals surface area (Å²) in [5, 5.41) is 0. The fourth-order valence-electron chi connectivity index (χ4n) is 1.99. The van der Waals surface area contributed by atoms with E-state index in [1.165, 1.54) is 12.0 Å². The molecule has 1 aromatic carbocycles. The summed E-state index contributed by atoms with van der Waals surface area (Å²) in [5.74, 6) is 1.36. The van der Waals surface area contributed by atoms with Crippen LogP contribution in [-0.2, 0) is 11.2 Å². The molecule has 0 aliphatic carbocycles. The molecular formula is C15H21NO. The minimum atomic E-state index is 0.320. The van der Waals surface area contributed by atoms with Crippen molar-refractivity contribution in [1.82, 2.24) is 0 Å². The first kappa shape index (κ1) is 12.2. The minimum Gasteiger partial charge on any atom is -0.475 e. The second-order valence-electron chi connectivity index (χ2n) is 5.00. The van der Waals surface area contributed by atoms with Crippen LogP contribution in [0.15, 0.2) is 29.3 Å². The molecule has 1 aliphatic heterocycles. The Morgan fingerprint density at radius 1 is 1.29 bits per heavy atom. The zero-order chi connectivity index (χ0) is 12.3. The van der Waals surface area contributed by atoms with Crippen molar-refractivity contribution in [3.05, 3.63) is 35.4 Å². The maximum absolute atomic E-state index is 5.66. The Morgan fingerprint density at radius 2 is 2.00 bits per heavy atom. The number of ether oxygens (including phenoxy) is 1. The molecule has 1 aliphatic rings. The normalized spacial score (nSPS) is 19.3. The van der Waals surface area contributed by atoms with Gasteiger partial charge in [-0.3, -0.25) is 0 Å². The summed E-state index contributed by atoms with van der Waals surface area (Å²) < 4.78 is 5.66. The summed E-state index contributed by atoms with van der Waals surface area (Å²) in [6.07, 6.45) is 2.33. The Balaban J connectivity index is 2.10. The molecule has 1 aromatic rings. The van der Waals surface area contributed by atoms with Crippen molar-refractivity contribution in [1.29, 1.82) is 0 Å². The van der Waals surface area contributed by atoms with Crippen LogP contribution in [0.4, 0.5) is 0 Å². The third-order valence-electron chi connectivity index (χ3n) is 3.18. The molecule has 0 radical (unpaired) electrons. The third-order valence-corrected chi connectivity index (χ3v) is 3.18. The molecule has 0 saturated heterocycles. The molecule has 0 aromatic heterocycles. The molecule has 2 rings (SSSR count). The van der Waals surface area contributed by atoms with Crippen molar-refractivity contribution in [2.75, 3.05) is 6.61 Å². The Morgan fingerprint density at radius 3 is 2.53 bits per heavy atom. The van der Waals surface area contributed by atoms with Gasteiger partial charge in [0.2, 0.25) is 5.90 Å². The van der Waals surface area contributed by atoms with Crippen LogP contribution in [0.1, 0.15) is 38.3 Å². The molecule has 0 unspecified atom stereocenters.